The number of pyridine rings is 1. The van der Waals surface area contributed by atoms with E-state index in [1.165, 1.54) is 0 Å². The standard InChI is InChI=1S/C18H23F3N6O2/c19-18(20,21)11-9-12(23-17-15(11)16(22)24-25-17)13-3-1-2-4-27(13)14(28)10-26-5-7-29-8-6-26/h9,13H,1-8,10H2,(H3,22,23,24,25). The fourth-order valence-corrected chi connectivity index (χ4v) is 4.04. The predicted molar refractivity (Wildman–Crippen MR) is 98.9 cm³/mol. The molecule has 1 unspecified atom stereocenters. The minimum absolute atomic E-state index is 0.0847. The second kappa shape index (κ2) is 7.79. The van der Waals surface area contributed by atoms with Gasteiger partial charge in [-0.1, -0.05) is 0 Å². The molecule has 2 aliphatic heterocycles. The maximum absolute atomic E-state index is 13.7. The monoisotopic (exact) mass is 412 g/mol. The zero-order valence-electron chi connectivity index (χ0n) is 15.8. The van der Waals surface area contributed by atoms with E-state index in [4.69, 9.17) is 10.5 Å². The number of alkyl halides is 3. The van der Waals surface area contributed by atoms with Crippen LogP contribution in [-0.4, -0.2) is 70.3 Å². The highest BCUT2D eigenvalue weighted by Crippen LogP contribution is 2.39. The molecule has 4 rings (SSSR count). The van der Waals surface area contributed by atoms with E-state index in [2.05, 4.69) is 15.2 Å². The van der Waals surface area contributed by atoms with Crippen molar-refractivity contribution < 1.29 is 22.7 Å². The molecule has 0 bridgehead atoms. The van der Waals surface area contributed by atoms with Crippen LogP contribution in [0.25, 0.3) is 11.0 Å². The molecule has 0 aromatic carbocycles. The van der Waals surface area contributed by atoms with Crippen LogP contribution in [0.2, 0.25) is 0 Å². The molecule has 29 heavy (non-hydrogen) atoms. The number of anilines is 1. The lowest BCUT2D eigenvalue weighted by atomic mass is 9.97. The Labute approximate surface area is 165 Å². The van der Waals surface area contributed by atoms with E-state index in [-0.39, 0.29) is 35.0 Å². The molecule has 2 aromatic heterocycles. The van der Waals surface area contributed by atoms with Crippen molar-refractivity contribution in [3.8, 4) is 0 Å². The van der Waals surface area contributed by atoms with E-state index in [1.54, 1.807) is 4.90 Å². The van der Waals surface area contributed by atoms with Crippen molar-refractivity contribution in [3.05, 3.63) is 17.3 Å². The molecule has 2 saturated heterocycles. The summed E-state index contributed by atoms with van der Waals surface area (Å²) in [6.07, 6.45) is -2.42. The lowest BCUT2D eigenvalue weighted by molar-refractivity contribution is -0.137. The molecule has 1 atom stereocenters. The number of hydrogen-bond donors (Lipinski definition) is 2. The Balaban J connectivity index is 1.66. The van der Waals surface area contributed by atoms with E-state index < -0.39 is 17.8 Å². The number of hydrogen-bond acceptors (Lipinski definition) is 6. The summed E-state index contributed by atoms with van der Waals surface area (Å²) >= 11 is 0. The zero-order valence-corrected chi connectivity index (χ0v) is 15.8. The maximum Gasteiger partial charge on any atom is 0.417 e. The third kappa shape index (κ3) is 4.01. The van der Waals surface area contributed by atoms with Gasteiger partial charge in [-0.2, -0.15) is 18.3 Å². The topological polar surface area (TPSA) is 100 Å². The molecule has 3 N–H and O–H groups in total. The molecule has 1 amide bonds. The highest BCUT2D eigenvalue weighted by molar-refractivity contribution is 5.90. The number of piperidine rings is 1. The molecule has 158 valence electrons. The Bertz CT molecular complexity index is 894. The van der Waals surface area contributed by atoms with Gasteiger partial charge in [0.05, 0.1) is 42.4 Å². The molecular weight excluding hydrogens is 389 g/mol. The van der Waals surface area contributed by atoms with E-state index in [0.717, 1.165) is 18.9 Å². The SMILES string of the molecule is Nc1[nH]nc2nc(C3CCCCN3C(=O)CN3CCOCC3)cc(C(F)(F)F)c12. The fraction of sp³-hybridized carbons (Fsp3) is 0.611. The molecule has 0 spiro atoms. The first-order valence-corrected chi connectivity index (χ1v) is 9.66. The second-order valence-electron chi connectivity index (χ2n) is 7.42. The van der Waals surface area contributed by atoms with Crippen molar-refractivity contribution in [2.24, 2.45) is 0 Å². The van der Waals surface area contributed by atoms with Gasteiger partial charge >= 0.3 is 6.18 Å². The summed E-state index contributed by atoms with van der Waals surface area (Å²) in [5.41, 5.74) is 4.88. The van der Waals surface area contributed by atoms with Gasteiger partial charge in [-0.05, 0) is 25.3 Å². The van der Waals surface area contributed by atoms with Gasteiger partial charge in [0.25, 0.3) is 0 Å². The van der Waals surface area contributed by atoms with Crippen LogP contribution in [0.15, 0.2) is 6.07 Å². The third-order valence-corrected chi connectivity index (χ3v) is 5.50. The summed E-state index contributed by atoms with van der Waals surface area (Å²) < 4.78 is 46.3. The number of amides is 1. The molecular formula is C18H23F3N6O2. The van der Waals surface area contributed by atoms with Crippen molar-refractivity contribution in [1.29, 1.82) is 0 Å². The van der Waals surface area contributed by atoms with Crippen molar-refractivity contribution in [1.82, 2.24) is 25.0 Å². The molecule has 0 saturated carbocycles. The van der Waals surface area contributed by atoms with Crippen LogP contribution < -0.4 is 5.73 Å². The van der Waals surface area contributed by atoms with Gasteiger partial charge in [0.15, 0.2) is 5.65 Å². The van der Waals surface area contributed by atoms with E-state index in [0.29, 0.717) is 39.3 Å². The number of aromatic amines is 1. The van der Waals surface area contributed by atoms with Crippen LogP contribution in [0.5, 0.6) is 0 Å². The van der Waals surface area contributed by atoms with Crippen molar-refractivity contribution in [2.75, 3.05) is 45.1 Å². The first-order chi connectivity index (χ1) is 13.8. The first-order valence-electron chi connectivity index (χ1n) is 9.66. The normalized spacial score (nSPS) is 21.6. The highest BCUT2D eigenvalue weighted by Gasteiger charge is 2.37. The number of ether oxygens (including phenoxy) is 1. The Hall–Kier alpha value is -2.40. The van der Waals surface area contributed by atoms with Crippen LogP contribution in [-0.2, 0) is 15.7 Å². The molecule has 0 radical (unpaired) electrons. The van der Waals surface area contributed by atoms with Gasteiger partial charge in [-0.25, -0.2) is 4.98 Å². The molecule has 8 nitrogen and oxygen atoms in total. The van der Waals surface area contributed by atoms with E-state index in [1.807, 2.05) is 4.90 Å². The maximum atomic E-state index is 13.7. The molecule has 11 heteroatoms. The van der Waals surface area contributed by atoms with E-state index >= 15 is 0 Å². The summed E-state index contributed by atoms with van der Waals surface area (Å²) in [6, 6.07) is 0.500. The third-order valence-electron chi connectivity index (χ3n) is 5.50. The van der Waals surface area contributed by atoms with Gasteiger partial charge in [0, 0.05) is 19.6 Å². The van der Waals surface area contributed by atoms with Crippen LogP contribution >= 0.6 is 0 Å². The quantitative estimate of drug-likeness (QED) is 0.799. The van der Waals surface area contributed by atoms with Gasteiger partial charge < -0.3 is 15.4 Å². The second-order valence-corrected chi connectivity index (χ2v) is 7.42. The summed E-state index contributed by atoms with van der Waals surface area (Å²) in [4.78, 5) is 20.9. The number of H-pyrrole nitrogens is 1. The summed E-state index contributed by atoms with van der Waals surface area (Å²) in [7, 11) is 0. The predicted octanol–water partition coefficient (Wildman–Crippen LogP) is 1.94. The number of nitrogen functional groups attached to an aromatic ring is 1. The highest BCUT2D eigenvalue weighted by atomic mass is 19.4. The number of halogens is 3. The number of likely N-dealkylation sites (tertiary alicyclic amines) is 1. The summed E-state index contributed by atoms with van der Waals surface area (Å²) in [5, 5.41) is 5.97. The Morgan fingerprint density at radius 2 is 2.03 bits per heavy atom. The first kappa shape index (κ1) is 19.9. The zero-order chi connectivity index (χ0) is 20.6. The number of rotatable bonds is 3. The number of carbonyl (C=O) groups is 1. The molecule has 2 aromatic rings. The van der Waals surface area contributed by atoms with Crippen molar-refractivity contribution in [2.45, 2.75) is 31.5 Å². The van der Waals surface area contributed by atoms with Gasteiger partial charge in [0.2, 0.25) is 5.91 Å². The smallest absolute Gasteiger partial charge is 0.383 e. The average Bonchev–Trinajstić information content (AvgIpc) is 3.08. The number of fused-ring (bicyclic) bond motifs is 1. The Kier molecular flexibility index (Phi) is 5.34. The van der Waals surface area contributed by atoms with Crippen molar-refractivity contribution in [3.63, 3.8) is 0 Å². The Morgan fingerprint density at radius 3 is 2.76 bits per heavy atom. The lowest BCUT2D eigenvalue weighted by Gasteiger charge is -2.37. The lowest BCUT2D eigenvalue weighted by Crippen LogP contribution is -2.47. The molecule has 2 aliphatic rings. The van der Waals surface area contributed by atoms with Gasteiger partial charge in [-0.15, -0.1) is 0 Å². The minimum Gasteiger partial charge on any atom is -0.383 e. The molecule has 4 heterocycles. The fourth-order valence-electron chi connectivity index (χ4n) is 4.04. The number of nitrogens with zero attached hydrogens (tertiary/aromatic N) is 4. The summed E-state index contributed by atoms with van der Waals surface area (Å²) in [6.45, 7) is 3.20. The van der Waals surface area contributed by atoms with Crippen LogP contribution in [0, 0.1) is 0 Å². The minimum atomic E-state index is -4.61. The average molecular weight is 412 g/mol. The molecule has 0 aliphatic carbocycles. The van der Waals surface area contributed by atoms with E-state index in [9.17, 15) is 18.0 Å². The number of carbonyl (C=O) groups excluding carboxylic acids is 1. The largest absolute Gasteiger partial charge is 0.417 e. The number of aromatic nitrogens is 3. The number of morpholine rings is 1. The van der Waals surface area contributed by atoms with Crippen LogP contribution in [0.1, 0.15) is 36.6 Å². The molecule has 2 fully saturated rings. The Morgan fingerprint density at radius 1 is 1.28 bits per heavy atom. The van der Waals surface area contributed by atoms with Crippen molar-refractivity contribution >= 4 is 22.8 Å². The summed E-state index contributed by atoms with van der Waals surface area (Å²) in [5.74, 6) is -0.274. The number of nitrogens with two attached hydrogens (primary N) is 1. The van der Waals surface area contributed by atoms with Crippen LogP contribution in [0.4, 0.5) is 19.0 Å². The van der Waals surface area contributed by atoms with Gasteiger partial charge in [-0.3, -0.25) is 14.8 Å². The van der Waals surface area contributed by atoms with Crippen LogP contribution in [0.3, 0.4) is 0 Å². The number of nitrogens with one attached hydrogen (secondary N) is 1. The van der Waals surface area contributed by atoms with Gasteiger partial charge in [0.1, 0.15) is 5.82 Å².